The van der Waals surface area contributed by atoms with Gasteiger partial charge in [0.2, 0.25) is 0 Å². The fourth-order valence-corrected chi connectivity index (χ4v) is 3.49. The highest BCUT2D eigenvalue weighted by Crippen LogP contribution is 2.51. The predicted molar refractivity (Wildman–Crippen MR) is 92.3 cm³/mol. The molecule has 128 valence electrons. The van der Waals surface area contributed by atoms with E-state index in [2.05, 4.69) is 15.0 Å². The van der Waals surface area contributed by atoms with Crippen molar-refractivity contribution in [3.63, 3.8) is 0 Å². The molecule has 3 aromatic rings. The summed E-state index contributed by atoms with van der Waals surface area (Å²) in [5.74, 6) is 0.574. The van der Waals surface area contributed by atoms with E-state index in [4.69, 9.17) is 15.2 Å². The first-order valence-electron chi connectivity index (χ1n) is 8.02. The van der Waals surface area contributed by atoms with Crippen molar-refractivity contribution in [1.82, 2.24) is 9.97 Å². The molecule has 5 rings (SSSR count). The van der Waals surface area contributed by atoms with Gasteiger partial charge in [0, 0.05) is 40.7 Å². The van der Waals surface area contributed by atoms with Crippen LogP contribution in [0.1, 0.15) is 11.1 Å². The smallest absolute Gasteiger partial charge is 0.283 e. The van der Waals surface area contributed by atoms with Crippen LogP contribution in [0.3, 0.4) is 0 Å². The molecule has 0 bridgehead atoms. The highest BCUT2D eigenvalue weighted by Gasteiger charge is 2.47. The van der Waals surface area contributed by atoms with E-state index >= 15 is 0 Å². The SMILES string of the molecule is NC1=NC2(CO1)c1ccccc1Oc1cc(F)c(-c3cncnc3)cc12. The zero-order chi connectivity index (χ0) is 17.7. The molecule has 1 aromatic heterocycles. The van der Waals surface area contributed by atoms with E-state index < -0.39 is 11.4 Å². The Hall–Kier alpha value is -3.48. The third kappa shape index (κ3) is 2.00. The van der Waals surface area contributed by atoms with Crippen molar-refractivity contribution in [3.05, 3.63) is 72.1 Å². The first-order chi connectivity index (χ1) is 12.7. The Morgan fingerprint density at radius 3 is 2.62 bits per heavy atom. The molecule has 0 amide bonds. The summed E-state index contributed by atoms with van der Waals surface area (Å²) in [7, 11) is 0. The van der Waals surface area contributed by atoms with Crippen molar-refractivity contribution in [2.45, 2.75) is 5.54 Å². The Balaban J connectivity index is 1.79. The van der Waals surface area contributed by atoms with Crippen LogP contribution in [0.2, 0.25) is 0 Å². The van der Waals surface area contributed by atoms with Crippen LogP contribution >= 0.6 is 0 Å². The third-order valence-electron chi connectivity index (χ3n) is 4.67. The molecule has 0 aliphatic carbocycles. The van der Waals surface area contributed by atoms with Crippen LogP contribution in [-0.2, 0) is 10.3 Å². The third-order valence-corrected chi connectivity index (χ3v) is 4.67. The van der Waals surface area contributed by atoms with Crippen molar-refractivity contribution in [1.29, 1.82) is 0 Å². The lowest BCUT2D eigenvalue weighted by molar-refractivity contribution is 0.264. The molecule has 0 saturated heterocycles. The van der Waals surface area contributed by atoms with Crippen LogP contribution in [-0.4, -0.2) is 22.6 Å². The standard InChI is InChI=1S/C19H13FN4O2/c20-15-6-17-14(5-12(15)11-7-22-10-23-8-11)19(9-25-18(21)24-19)13-3-1-2-4-16(13)26-17/h1-8,10H,9H2,(H2,21,24). The van der Waals surface area contributed by atoms with Crippen molar-refractivity contribution < 1.29 is 13.9 Å². The summed E-state index contributed by atoms with van der Waals surface area (Å²) < 4.78 is 26.2. The maximum atomic E-state index is 14.8. The molecule has 3 heterocycles. The molecule has 0 fully saturated rings. The van der Waals surface area contributed by atoms with Crippen LogP contribution in [0, 0.1) is 5.82 Å². The van der Waals surface area contributed by atoms with E-state index in [9.17, 15) is 4.39 Å². The van der Waals surface area contributed by atoms with Gasteiger partial charge in [-0.15, -0.1) is 0 Å². The van der Waals surface area contributed by atoms with Gasteiger partial charge >= 0.3 is 0 Å². The van der Waals surface area contributed by atoms with Gasteiger partial charge in [-0.05, 0) is 12.1 Å². The Kier molecular flexibility index (Phi) is 3.00. The van der Waals surface area contributed by atoms with E-state index in [0.717, 1.165) is 5.56 Å². The lowest BCUT2D eigenvalue weighted by Crippen LogP contribution is -2.31. The number of nitrogens with zero attached hydrogens (tertiary/aromatic N) is 3. The van der Waals surface area contributed by atoms with Crippen LogP contribution in [0.15, 0.2) is 60.1 Å². The van der Waals surface area contributed by atoms with Crippen molar-refractivity contribution in [2.75, 3.05) is 6.61 Å². The van der Waals surface area contributed by atoms with E-state index in [0.29, 0.717) is 28.2 Å². The number of benzene rings is 2. The van der Waals surface area contributed by atoms with E-state index in [1.165, 1.54) is 12.4 Å². The quantitative estimate of drug-likeness (QED) is 0.731. The Morgan fingerprint density at radius 1 is 1.04 bits per heavy atom. The number of aromatic nitrogens is 2. The van der Waals surface area contributed by atoms with Gasteiger partial charge in [-0.2, -0.15) is 0 Å². The van der Waals surface area contributed by atoms with Gasteiger partial charge < -0.3 is 15.2 Å². The minimum Gasteiger partial charge on any atom is -0.462 e. The molecule has 1 unspecified atom stereocenters. The Bertz CT molecular complexity index is 1050. The molecule has 7 heteroatoms. The molecule has 0 saturated carbocycles. The maximum Gasteiger partial charge on any atom is 0.283 e. The van der Waals surface area contributed by atoms with Crippen molar-refractivity contribution in [2.24, 2.45) is 10.7 Å². The van der Waals surface area contributed by atoms with Gasteiger partial charge in [0.05, 0.1) is 0 Å². The largest absolute Gasteiger partial charge is 0.462 e. The van der Waals surface area contributed by atoms with Gasteiger partial charge in [-0.25, -0.2) is 19.4 Å². The van der Waals surface area contributed by atoms with Crippen LogP contribution in [0.4, 0.5) is 4.39 Å². The summed E-state index contributed by atoms with van der Waals surface area (Å²) in [5, 5.41) is 0. The summed E-state index contributed by atoms with van der Waals surface area (Å²) >= 11 is 0. The number of hydrogen-bond acceptors (Lipinski definition) is 6. The van der Waals surface area contributed by atoms with Gasteiger partial charge in [0.25, 0.3) is 6.02 Å². The van der Waals surface area contributed by atoms with Gasteiger partial charge in [0.1, 0.15) is 30.3 Å². The number of para-hydroxylation sites is 1. The zero-order valence-corrected chi connectivity index (χ0v) is 13.5. The number of amidine groups is 1. The molecule has 1 atom stereocenters. The lowest BCUT2D eigenvalue weighted by atomic mass is 9.80. The maximum absolute atomic E-state index is 14.8. The second kappa shape index (κ2) is 5.26. The second-order valence-corrected chi connectivity index (χ2v) is 6.15. The van der Waals surface area contributed by atoms with Crippen molar-refractivity contribution in [3.8, 4) is 22.6 Å². The molecule has 2 aromatic carbocycles. The summed E-state index contributed by atoms with van der Waals surface area (Å²) in [6.07, 6.45) is 4.52. The van der Waals surface area contributed by atoms with Crippen LogP contribution in [0.5, 0.6) is 11.5 Å². The Morgan fingerprint density at radius 2 is 1.85 bits per heavy atom. The fraction of sp³-hybridized carbons (Fsp3) is 0.105. The Labute approximate surface area is 148 Å². The summed E-state index contributed by atoms with van der Waals surface area (Å²) in [6.45, 7) is 0.225. The van der Waals surface area contributed by atoms with Crippen LogP contribution in [0.25, 0.3) is 11.1 Å². The van der Waals surface area contributed by atoms with Gasteiger partial charge in [-0.3, -0.25) is 0 Å². The van der Waals surface area contributed by atoms with Gasteiger partial charge in [-0.1, -0.05) is 18.2 Å². The number of nitrogens with two attached hydrogens (primary N) is 1. The molecule has 1 spiro atoms. The minimum atomic E-state index is -0.869. The number of halogens is 1. The van der Waals surface area contributed by atoms with Gasteiger partial charge in [0.15, 0.2) is 5.54 Å². The summed E-state index contributed by atoms with van der Waals surface area (Å²) in [5.41, 5.74) is 7.41. The average Bonchev–Trinajstić information content (AvgIpc) is 3.05. The normalized spacial score (nSPS) is 20.0. The monoisotopic (exact) mass is 348 g/mol. The number of fused-ring (bicyclic) bond motifs is 4. The van der Waals surface area contributed by atoms with E-state index in [1.54, 1.807) is 18.5 Å². The molecule has 26 heavy (non-hydrogen) atoms. The number of rotatable bonds is 1. The second-order valence-electron chi connectivity index (χ2n) is 6.15. The average molecular weight is 348 g/mol. The molecule has 2 aliphatic rings. The highest BCUT2D eigenvalue weighted by molar-refractivity contribution is 5.77. The molecular weight excluding hydrogens is 335 g/mol. The summed E-state index contributed by atoms with van der Waals surface area (Å²) in [4.78, 5) is 12.5. The summed E-state index contributed by atoms with van der Waals surface area (Å²) in [6, 6.07) is 10.7. The van der Waals surface area contributed by atoms with E-state index in [-0.39, 0.29) is 12.6 Å². The first-order valence-corrected chi connectivity index (χ1v) is 8.02. The fourth-order valence-electron chi connectivity index (χ4n) is 3.49. The first kappa shape index (κ1) is 14.8. The zero-order valence-electron chi connectivity index (χ0n) is 13.5. The molecule has 2 N–H and O–H groups in total. The van der Waals surface area contributed by atoms with Crippen molar-refractivity contribution >= 4 is 6.02 Å². The topological polar surface area (TPSA) is 82.6 Å². The minimum absolute atomic E-state index is 0.0987. The highest BCUT2D eigenvalue weighted by atomic mass is 19.1. The number of hydrogen-bond donors (Lipinski definition) is 1. The molecule has 6 nitrogen and oxygen atoms in total. The molecule has 2 aliphatic heterocycles. The predicted octanol–water partition coefficient (Wildman–Crippen LogP) is 2.98. The van der Waals surface area contributed by atoms with Crippen LogP contribution < -0.4 is 10.5 Å². The number of aliphatic imine (C=N–C) groups is 1. The van der Waals surface area contributed by atoms with E-state index in [1.807, 2.05) is 24.3 Å². The number of ether oxygens (including phenoxy) is 2. The molecular formula is C19H13FN4O2. The molecule has 0 radical (unpaired) electrons. The lowest BCUT2D eigenvalue weighted by Gasteiger charge is -2.33.